The van der Waals surface area contributed by atoms with Crippen molar-refractivity contribution in [2.24, 2.45) is 0 Å². The molecule has 2 nitrogen and oxygen atoms in total. The van der Waals surface area contributed by atoms with E-state index in [1.807, 2.05) is 31.2 Å². The van der Waals surface area contributed by atoms with Gasteiger partial charge in [-0.1, -0.05) is 59.6 Å². The predicted molar refractivity (Wildman–Crippen MR) is 84.3 cm³/mol. The lowest BCUT2D eigenvalue weighted by atomic mass is 10.2. The van der Waals surface area contributed by atoms with Gasteiger partial charge in [-0.2, -0.15) is 0 Å². The molecule has 0 N–H and O–H groups in total. The summed E-state index contributed by atoms with van der Waals surface area (Å²) in [4.78, 5) is 0. The summed E-state index contributed by atoms with van der Waals surface area (Å²) in [5.41, 5.74) is 2.61. The summed E-state index contributed by atoms with van der Waals surface area (Å²) in [5, 5.41) is 1.71. The van der Waals surface area contributed by atoms with Gasteiger partial charge in [0, 0.05) is 10.4 Å². The molecule has 0 aromatic heterocycles. The standard InChI is InChI=1S/C16H15ClO2S/c1-13-6-8-14(9-7-13)10-11-20(18,19)12-15-4-2-3-5-16(15)17/h2-11H,12H2,1H3. The van der Waals surface area contributed by atoms with Crippen molar-refractivity contribution < 1.29 is 8.42 Å². The van der Waals surface area contributed by atoms with Gasteiger partial charge in [-0.15, -0.1) is 0 Å². The van der Waals surface area contributed by atoms with Crippen molar-refractivity contribution >= 4 is 27.5 Å². The lowest BCUT2D eigenvalue weighted by Crippen LogP contribution is -2.00. The molecule has 0 unspecified atom stereocenters. The minimum Gasteiger partial charge on any atom is -0.224 e. The third-order valence-corrected chi connectivity index (χ3v) is 4.49. The minimum atomic E-state index is -3.33. The van der Waals surface area contributed by atoms with E-state index in [0.29, 0.717) is 10.6 Å². The molecule has 2 aromatic rings. The number of benzene rings is 2. The topological polar surface area (TPSA) is 34.1 Å². The van der Waals surface area contributed by atoms with Crippen LogP contribution in [0.15, 0.2) is 53.9 Å². The largest absolute Gasteiger partial charge is 0.224 e. The Morgan fingerprint density at radius 1 is 1.05 bits per heavy atom. The van der Waals surface area contributed by atoms with Crippen molar-refractivity contribution in [3.63, 3.8) is 0 Å². The Kier molecular flexibility index (Phi) is 4.63. The van der Waals surface area contributed by atoms with Crippen molar-refractivity contribution in [1.29, 1.82) is 0 Å². The highest BCUT2D eigenvalue weighted by Crippen LogP contribution is 2.18. The second kappa shape index (κ2) is 6.25. The maximum absolute atomic E-state index is 12.0. The van der Waals surface area contributed by atoms with Gasteiger partial charge in [0.1, 0.15) is 0 Å². The number of aryl methyl sites for hydroxylation is 1. The monoisotopic (exact) mass is 306 g/mol. The fourth-order valence-electron chi connectivity index (χ4n) is 1.74. The van der Waals surface area contributed by atoms with E-state index in [1.54, 1.807) is 30.3 Å². The molecule has 0 aliphatic rings. The summed E-state index contributed by atoms with van der Waals surface area (Å²) in [6.07, 6.45) is 1.60. The molecule has 0 fully saturated rings. The maximum atomic E-state index is 12.0. The Bertz CT molecular complexity index is 716. The molecule has 0 saturated heterocycles. The first kappa shape index (κ1) is 14.8. The van der Waals surface area contributed by atoms with Gasteiger partial charge >= 0.3 is 0 Å². The minimum absolute atomic E-state index is 0.0883. The van der Waals surface area contributed by atoms with Crippen LogP contribution in [0.25, 0.3) is 6.08 Å². The molecule has 4 heteroatoms. The van der Waals surface area contributed by atoms with Crippen LogP contribution in [0.4, 0.5) is 0 Å². The molecule has 0 aliphatic heterocycles. The van der Waals surface area contributed by atoms with Gasteiger partial charge in [-0.3, -0.25) is 0 Å². The van der Waals surface area contributed by atoms with Crippen LogP contribution in [0, 0.1) is 6.92 Å². The van der Waals surface area contributed by atoms with Crippen LogP contribution >= 0.6 is 11.6 Å². The molecule has 0 bridgehead atoms. The van der Waals surface area contributed by atoms with E-state index >= 15 is 0 Å². The third-order valence-electron chi connectivity index (χ3n) is 2.86. The van der Waals surface area contributed by atoms with Crippen LogP contribution < -0.4 is 0 Å². The van der Waals surface area contributed by atoms with Gasteiger partial charge in [0.05, 0.1) is 5.75 Å². The van der Waals surface area contributed by atoms with E-state index in [4.69, 9.17) is 11.6 Å². The number of halogens is 1. The lowest BCUT2D eigenvalue weighted by molar-refractivity contribution is 0.604. The third kappa shape index (κ3) is 4.22. The zero-order valence-corrected chi connectivity index (χ0v) is 12.7. The van der Waals surface area contributed by atoms with Gasteiger partial charge in [-0.25, -0.2) is 8.42 Å². The van der Waals surface area contributed by atoms with E-state index in [-0.39, 0.29) is 5.75 Å². The van der Waals surface area contributed by atoms with E-state index in [2.05, 4.69) is 0 Å². The van der Waals surface area contributed by atoms with Crippen molar-refractivity contribution in [3.05, 3.63) is 75.7 Å². The fraction of sp³-hybridized carbons (Fsp3) is 0.125. The average Bonchev–Trinajstić information content (AvgIpc) is 2.41. The predicted octanol–water partition coefficient (Wildman–Crippen LogP) is 4.23. The van der Waals surface area contributed by atoms with Crippen LogP contribution in [0.1, 0.15) is 16.7 Å². The molecule has 0 atom stereocenters. The highest BCUT2D eigenvalue weighted by atomic mass is 35.5. The van der Waals surface area contributed by atoms with Crippen molar-refractivity contribution in [1.82, 2.24) is 0 Å². The Morgan fingerprint density at radius 2 is 1.70 bits per heavy atom. The second-order valence-electron chi connectivity index (χ2n) is 4.61. The average molecular weight is 307 g/mol. The summed E-state index contributed by atoms with van der Waals surface area (Å²) >= 11 is 5.98. The number of hydrogen-bond donors (Lipinski definition) is 0. The molecule has 0 spiro atoms. The first-order chi connectivity index (χ1) is 9.46. The molecule has 104 valence electrons. The molecule has 0 aliphatic carbocycles. The maximum Gasteiger partial charge on any atom is 0.175 e. The first-order valence-electron chi connectivity index (χ1n) is 6.17. The molecular weight excluding hydrogens is 292 g/mol. The highest BCUT2D eigenvalue weighted by molar-refractivity contribution is 7.93. The summed E-state index contributed by atoms with van der Waals surface area (Å²) in [5.74, 6) is -0.0883. The Labute approximate surface area is 124 Å². The summed E-state index contributed by atoms with van der Waals surface area (Å²) in [7, 11) is -3.33. The van der Waals surface area contributed by atoms with E-state index < -0.39 is 9.84 Å². The number of rotatable bonds is 4. The fourth-order valence-corrected chi connectivity index (χ4v) is 3.17. The second-order valence-corrected chi connectivity index (χ2v) is 6.91. The summed E-state index contributed by atoms with van der Waals surface area (Å²) < 4.78 is 24.1. The Hall–Kier alpha value is -1.58. The summed E-state index contributed by atoms with van der Waals surface area (Å²) in [6, 6.07) is 14.6. The smallest absolute Gasteiger partial charge is 0.175 e. The van der Waals surface area contributed by atoms with Gasteiger partial charge < -0.3 is 0 Å². The van der Waals surface area contributed by atoms with Gasteiger partial charge in [-0.05, 0) is 30.2 Å². The molecule has 2 rings (SSSR count). The molecule has 20 heavy (non-hydrogen) atoms. The Balaban J connectivity index is 2.15. The molecule has 0 heterocycles. The molecule has 0 amide bonds. The van der Waals surface area contributed by atoms with Crippen molar-refractivity contribution in [2.75, 3.05) is 0 Å². The van der Waals surface area contributed by atoms with Gasteiger partial charge in [0.15, 0.2) is 9.84 Å². The lowest BCUT2D eigenvalue weighted by Gasteiger charge is -2.02. The normalized spacial score (nSPS) is 11.9. The Morgan fingerprint density at radius 3 is 2.35 bits per heavy atom. The zero-order chi connectivity index (χ0) is 14.6. The van der Waals surface area contributed by atoms with Crippen LogP contribution in [0.5, 0.6) is 0 Å². The highest BCUT2D eigenvalue weighted by Gasteiger charge is 2.10. The first-order valence-corrected chi connectivity index (χ1v) is 8.26. The SMILES string of the molecule is Cc1ccc(C=CS(=O)(=O)Cc2ccccc2Cl)cc1. The number of hydrogen-bond acceptors (Lipinski definition) is 2. The number of sulfone groups is 1. The van der Waals surface area contributed by atoms with E-state index in [1.165, 1.54) is 5.41 Å². The molecular formula is C16H15ClO2S. The quantitative estimate of drug-likeness (QED) is 0.847. The van der Waals surface area contributed by atoms with Crippen molar-refractivity contribution in [3.8, 4) is 0 Å². The van der Waals surface area contributed by atoms with Crippen LogP contribution in [0.3, 0.4) is 0 Å². The van der Waals surface area contributed by atoms with Gasteiger partial charge in [0.25, 0.3) is 0 Å². The molecule has 0 saturated carbocycles. The summed E-state index contributed by atoms with van der Waals surface area (Å²) in [6.45, 7) is 1.99. The van der Waals surface area contributed by atoms with Gasteiger partial charge in [0.2, 0.25) is 0 Å². The van der Waals surface area contributed by atoms with Crippen molar-refractivity contribution in [2.45, 2.75) is 12.7 Å². The molecule has 0 radical (unpaired) electrons. The van der Waals surface area contributed by atoms with E-state index in [0.717, 1.165) is 11.1 Å². The molecule has 2 aromatic carbocycles. The van der Waals surface area contributed by atoms with Crippen LogP contribution in [0.2, 0.25) is 5.02 Å². The zero-order valence-electron chi connectivity index (χ0n) is 11.1. The van der Waals surface area contributed by atoms with Crippen LogP contribution in [-0.2, 0) is 15.6 Å². The van der Waals surface area contributed by atoms with E-state index in [9.17, 15) is 8.42 Å². The van der Waals surface area contributed by atoms with Crippen LogP contribution in [-0.4, -0.2) is 8.42 Å².